The van der Waals surface area contributed by atoms with Crippen LogP contribution in [0.25, 0.3) is 0 Å². The monoisotopic (exact) mass is 418 g/mol. The molecule has 13 heteroatoms. The highest BCUT2D eigenvalue weighted by atomic mass is 32.2. The van der Waals surface area contributed by atoms with Gasteiger partial charge in [-0.3, -0.25) is 0 Å². The molecule has 8 nitrogen and oxygen atoms in total. The first-order valence-corrected chi connectivity index (χ1v) is 10.9. The predicted octanol–water partition coefficient (Wildman–Crippen LogP) is 0.755. The van der Waals surface area contributed by atoms with E-state index in [1.807, 2.05) is 32.5 Å². The molecule has 0 aliphatic carbocycles. The van der Waals surface area contributed by atoms with Crippen molar-refractivity contribution < 1.29 is 22.6 Å². The van der Waals surface area contributed by atoms with Crippen LogP contribution < -0.4 is 9.82 Å². The van der Waals surface area contributed by atoms with E-state index in [0.29, 0.717) is 6.26 Å². The van der Waals surface area contributed by atoms with Crippen LogP contribution in [0.3, 0.4) is 0 Å². The largest absolute Gasteiger partial charge is 0.707 e. The van der Waals surface area contributed by atoms with Crippen molar-refractivity contribution in [3.8, 4) is 0 Å². The maximum atomic E-state index is 9.47. The Bertz CT molecular complexity index is 765. The molecule has 0 saturated heterocycles. The van der Waals surface area contributed by atoms with Crippen LogP contribution in [0.1, 0.15) is 11.6 Å². The third-order valence-electron chi connectivity index (χ3n) is 2.33. The van der Waals surface area contributed by atoms with Crippen molar-refractivity contribution in [2.24, 2.45) is 14.1 Å². The topological polar surface area (TPSA) is 101 Å². The van der Waals surface area contributed by atoms with Gasteiger partial charge in [-0.15, -0.1) is 0 Å². The highest BCUT2D eigenvalue weighted by molar-refractivity contribution is 8.00. The molecule has 0 spiro atoms. The fourth-order valence-electron chi connectivity index (χ4n) is 0.894. The zero-order valence-corrected chi connectivity index (χ0v) is 17.5. The van der Waals surface area contributed by atoms with Gasteiger partial charge in [0.25, 0.3) is 14.5 Å². The van der Waals surface area contributed by atoms with Gasteiger partial charge in [0.2, 0.25) is 0 Å². The lowest BCUT2D eigenvalue weighted by Gasteiger charge is -1.97. The third kappa shape index (κ3) is 8.83. The Kier molecular flexibility index (Phi) is 10.2. The summed E-state index contributed by atoms with van der Waals surface area (Å²) in [5, 5.41) is 8.86. The lowest BCUT2D eigenvalue weighted by atomic mass is 10.7. The van der Waals surface area contributed by atoms with Crippen molar-refractivity contribution >= 4 is 57.2 Å². The van der Waals surface area contributed by atoms with E-state index in [9.17, 15) is 8.42 Å². The molecule has 23 heavy (non-hydrogen) atoms. The van der Waals surface area contributed by atoms with E-state index in [0.717, 1.165) is 15.6 Å². The summed E-state index contributed by atoms with van der Waals surface area (Å²) in [6.45, 7) is 3.95. The van der Waals surface area contributed by atoms with E-state index in [-0.39, 0.29) is 0 Å². The second-order valence-electron chi connectivity index (χ2n) is 4.09. The molecule has 2 heterocycles. The molecule has 2 aromatic heterocycles. The molecule has 0 aliphatic rings. The molecule has 0 N–H and O–H groups in total. The summed E-state index contributed by atoms with van der Waals surface area (Å²) in [6, 6.07) is 0. The van der Waals surface area contributed by atoms with Crippen molar-refractivity contribution in [3.05, 3.63) is 15.6 Å². The van der Waals surface area contributed by atoms with Gasteiger partial charge in [-0.05, 0) is 36.9 Å². The second-order valence-corrected chi connectivity index (χ2v) is 8.83. The van der Waals surface area contributed by atoms with Crippen LogP contribution >= 0.6 is 47.0 Å². The Balaban J connectivity index is 0.000000323. The van der Waals surface area contributed by atoms with Gasteiger partial charge < -0.3 is 14.2 Å². The maximum absolute atomic E-state index is 9.47. The molecule has 2 aromatic rings. The van der Waals surface area contributed by atoms with E-state index in [1.165, 1.54) is 15.9 Å². The molecule has 0 aromatic carbocycles. The van der Waals surface area contributed by atoms with Gasteiger partial charge in [-0.25, -0.2) is 13.0 Å². The van der Waals surface area contributed by atoms with E-state index in [4.69, 9.17) is 17.5 Å². The van der Waals surface area contributed by atoms with Crippen LogP contribution in [0.5, 0.6) is 0 Å². The minimum absolute atomic E-state index is 0.681. The van der Waals surface area contributed by atoms with Crippen LogP contribution in [0, 0.1) is 17.8 Å². The number of aryl methyl sites for hydroxylation is 2. The van der Waals surface area contributed by atoms with Crippen molar-refractivity contribution in [2.45, 2.75) is 18.2 Å². The zero-order chi connectivity index (χ0) is 18.2. The van der Waals surface area contributed by atoms with Crippen molar-refractivity contribution in [3.63, 3.8) is 0 Å². The number of aromatic nitrogens is 4. The van der Waals surface area contributed by atoms with Crippen molar-refractivity contribution in [2.75, 3.05) is 12.5 Å². The summed E-state index contributed by atoms with van der Waals surface area (Å²) in [5.74, 6) is 2.07. The van der Waals surface area contributed by atoms with E-state index in [1.54, 1.807) is 23.3 Å². The number of hydrogen-bond donors (Lipinski definition) is 0. The van der Waals surface area contributed by atoms with E-state index >= 15 is 0 Å². The van der Waals surface area contributed by atoms with Gasteiger partial charge >= 0.3 is 5.82 Å². The minimum Gasteiger partial charge on any atom is -0.707 e. The van der Waals surface area contributed by atoms with Crippen molar-refractivity contribution in [1.29, 1.82) is 0 Å². The summed E-state index contributed by atoms with van der Waals surface area (Å²) in [6.07, 6.45) is 2.74. The molecule has 0 unspecified atom stereocenters. The van der Waals surface area contributed by atoms with Crippen LogP contribution in [0.4, 0.5) is 0 Å². The Labute approximate surface area is 153 Å². The number of thioether (sulfide) groups is 1. The Morgan fingerprint density at radius 2 is 1.87 bits per heavy atom. The quantitative estimate of drug-likeness (QED) is 0.232. The first kappa shape index (κ1) is 22.6. The number of nitrogens with zero attached hydrogens (tertiary/aromatic N) is 4. The van der Waals surface area contributed by atoms with Crippen LogP contribution in [-0.2, 0) is 28.5 Å². The number of hydrogen-bond acceptors (Lipinski definition) is 10. The predicted molar refractivity (Wildman–Crippen MR) is 92.4 cm³/mol. The molecular weight excluding hydrogens is 400 g/mol. The van der Waals surface area contributed by atoms with Gasteiger partial charge in [0.05, 0.1) is 13.3 Å². The highest BCUT2D eigenvalue weighted by Crippen LogP contribution is 2.13. The molecule has 0 bridgehead atoms. The zero-order valence-electron chi connectivity index (χ0n) is 13.5. The molecule has 0 atom stereocenters. The highest BCUT2D eigenvalue weighted by Gasteiger charge is 2.11. The van der Waals surface area contributed by atoms with Gasteiger partial charge in [-0.1, -0.05) is 11.8 Å². The van der Waals surface area contributed by atoms with Crippen LogP contribution in [0.15, 0.2) is 4.34 Å². The SMILES string of the molecule is CS(=O)(=O)O[O-].CSc1snc(C)[n+]1C.Cc1nsc(=S)n1C. The molecule has 2 rings (SSSR count). The molecular formula is C10H18N4O4S5. The number of rotatable bonds is 2. The summed E-state index contributed by atoms with van der Waals surface area (Å²) in [7, 11) is 0.233. The maximum Gasteiger partial charge on any atom is 0.311 e. The van der Waals surface area contributed by atoms with E-state index in [2.05, 4.69) is 23.9 Å². The molecule has 0 fully saturated rings. The smallest absolute Gasteiger partial charge is 0.311 e. The molecule has 0 aliphatic heterocycles. The van der Waals surface area contributed by atoms with Crippen LogP contribution in [-0.4, -0.2) is 34.2 Å². The summed E-state index contributed by atoms with van der Waals surface area (Å²) in [4.78, 5) is 0. The Morgan fingerprint density at radius 1 is 1.35 bits per heavy atom. The Morgan fingerprint density at radius 3 is 2.00 bits per heavy atom. The fourth-order valence-corrected chi connectivity index (χ4v) is 3.13. The first-order valence-electron chi connectivity index (χ1n) is 5.90. The molecule has 0 saturated carbocycles. The normalized spacial score (nSPS) is 10.4. The molecule has 132 valence electrons. The molecule has 0 amide bonds. The Hall–Kier alpha value is -0.440. The lowest BCUT2D eigenvalue weighted by Crippen LogP contribution is -2.31. The summed E-state index contributed by atoms with van der Waals surface area (Å²) < 4.78 is 35.9. The fraction of sp³-hybridized carbons (Fsp3) is 0.600. The minimum atomic E-state index is -3.72. The second kappa shape index (κ2) is 10.4. The lowest BCUT2D eigenvalue weighted by molar-refractivity contribution is -0.709. The third-order valence-corrected chi connectivity index (χ3v) is 5.99. The molecule has 0 radical (unpaired) electrons. The standard InChI is InChI=1S/C5H9N2S2.C4H6N2S2.CH4O4S/c1-4-6-9-5(8-3)7(4)2;1-3-5-8-4(7)6(3)2;1-6(3,4)5-2/h1-3H3;1-2H3;2H,1H3/q+1;;/p-1. The van der Waals surface area contributed by atoms with E-state index < -0.39 is 10.1 Å². The van der Waals surface area contributed by atoms with Gasteiger partial charge in [0.15, 0.2) is 3.95 Å². The van der Waals surface area contributed by atoms with Gasteiger partial charge in [0, 0.05) is 18.3 Å². The average molecular weight is 419 g/mol. The average Bonchev–Trinajstić information content (AvgIpc) is 2.97. The van der Waals surface area contributed by atoms with Crippen molar-refractivity contribution in [1.82, 2.24) is 13.3 Å². The van der Waals surface area contributed by atoms with Crippen LogP contribution in [0.2, 0.25) is 0 Å². The van der Waals surface area contributed by atoms with Gasteiger partial charge in [0.1, 0.15) is 17.4 Å². The van der Waals surface area contributed by atoms with Gasteiger partial charge in [-0.2, -0.15) is 4.37 Å². The first-order chi connectivity index (χ1) is 10.5. The summed E-state index contributed by atoms with van der Waals surface area (Å²) in [5.41, 5.74) is 0. The summed E-state index contributed by atoms with van der Waals surface area (Å²) >= 11 is 9.54.